The Hall–Kier alpha value is -1.88. The first kappa shape index (κ1) is 11.6. The maximum absolute atomic E-state index is 10.9. The molecule has 5 nitrogen and oxygen atoms in total. The molecule has 6 heteroatoms. The molecule has 0 saturated carbocycles. The van der Waals surface area contributed by atoms with Gasteiger partial charge in [0.05, 0.1) is 23.5 Å². The molecule has 0 amide bonds. The summed E-state index contributed by atoms with van der Waals surface area (Å²) in [6.45, 7) is 0. The van der Waals surface area contributed by atoms with Gasteiger partial charge in [0.25, 0.3) is 0 Å². The van der Waals surface area contributed by atoms with Crippen molar-refractivity contribution >= 4 is 28.6 Å². The van der Waals surface area contributed by atoms with Crippen LogP contribution < -0.4 is 0 Å². The van der Waals surface area contributed by atoms with E-state index in [0.717, 1.165) is 0 Å². The molecule has 0 aliphatic rings. The van der Waals surface area contributed by atoms with Crippen LogP contribution in [0.5, 0.6) is 0 Å². The molecule has 0 bridgehead atoms. The zero-order valence-corrected chi connectivity index (χ0v) is 10.6. The summed E-state index contributed by atoms with van der Waals surface area (Å²) in [6, 6.07) is 8.85. The zero-order valence-electron chi connectivity index (χ0n) is 8.46. The van der Waals surface area contributed by atoms with Gasteiger partial charge in [-0.1, -0.05) is 6.07 Å². The minimum atomic E-state index is -1.02. The van der Waals surface area contributed by atoms with E-state index in [-0.39, 0.29) is 5.56 Å². The summed E-state index contributed by atoms with van der Waals surface area (Å²) in [5.41, 5.74) is 1.32. The molecular weight excluding hydrogens is 333 g/mol. The number of rotatable bonds is 2. The fraction of sp³-hybridized carbons (Fsp3) is 0. The number of carbonyl (C=O) groups is 1. The molecule has 0 radical (unpaired) electrons. The van der Waals surface area contributed by atoms with Gasteiger partial charge in [-0.25, -0.2) is 9.48 Å². The standard InChI is InChI=1S/C11H6IN3O2/c12-10-9(11(16)17)6-14-15(10)8-3-1-2-7(4-8)5-13/h1-4,6H,(H,16,17). The summed E-state index contributed by atoms with van der Waals surface area (Å²) >= 11 is 1.92. The van der Waals surface area contributed by atoms with Crippen LogP contribution in [0.1, 0.15) is 15.9 Å². The number of hydrogen-bond donors (Lipinski definition) is 1. The number of carboxylic acids is 1. The fourth-order valence-electron chi connectivity index (χ4n) is 1.36. The first-order valence-corrected chi connectivity index (χ1v) is 5.68. The van der Waals surface area contributed by atoms with Gasteiger partial charge in [0.2, 0.25) is 0 Å². The molecule has 2 aromatic rings. The molecule has 17 heavy (non-hydrogen) atoms. The minimum absolute atomic E-state index is 0.146. The zero-order chi connectivity index (χ0) is 12.4. The van der Waals surface area contributed by atoms with Gasteiger partial charge < -0.3 is 5.11 Å². The summed E-state index contributed by atoms with van der Waals surface area (Å²) in [6.07, 6.45) is 1.29. The average molecular weight is 339 g/mol. The highest BCUT2D eigenvalue weighted by atomic mass is 127. The summed E-state index contributed by atoms with van der Waals surface area (Å²) < 4.78 is 2.00. The molecule has 1 aromatic heterocycles. The van der Waals surface area contributed by atoms with Crippen molar-refractivity contribution in [2.45, 2.75) is 0 Å². The van der Waals surface area contributed by atoms with Crippen LogP contribution in [0.4, 0.5) is 0 Å². The molecule has 0 aliphatic heterocycles. The predicted molar refractivity (Wildman–Crippen MR) is 68.0 cm³/mol. The largest absolute Gasteiger partial charge is 0.478 e. The van der Waals surface area contributed by atoms with Crippen LogP contribution >= 0.6 is 22.6 Å². The Kier molecular flexibility index (Phi) is 3.10. The van der Waals surface area contributed by atoms with Gasteiger partial charge in [0.15, 0.2) is 0 Å². The van der Waals surface area contributed by atoms with Crippen molar-refractivity contribution in [2.75, 3.05) is 0 Å². The topological polar surface area (TPSA) is 78.9 Å². The van der Waals surface area contributed by atoms with Crippen molar-refractivity contribution in [1.82, 2.24) is 9.78 Å². The molecule has 2 rings (SSSR count). The second-order valence-electron chi connectivity index (χ2n) is 3.23. The van der Waals surface area contributed by atoms with E-state index in [9.17, 15) is 4.79 Å². The average Bonchev–Trinajstić information content (AvgIpc) is 2.71. The smallest absolute Gasteiger partial charge is 0.340 e. The molecule has 0 aliphatic carbocycles. The van der Waals surface area contributed by atoms with Gasteiger partial charge in [-0.3, -0.25) is 0 Å². The molecule has 0 saturated heterocycles. The number of nitrogens with zero attached hydrogens (tertiary/aromatic N) is 3. The Bertz CT molecular complexity index is 628. The van der Waals surface area contributed by atoms with Crippen LogP contribution in [0, 0.1) is 15.0 Å². The number of benzene rings is 1. The third kappa shape index (κ3) is 2.14. The highest BCUT2D eigenvalue weighted by molar-refractivity contribution is 14.1. The first-order valence-electron chi connectivity index (χ1n) is 4.61. The number of hydrogen-bond acceptors (Lipinski definition) is 3. The van der Waals surface area contributed by atoms with Gasteiger partial charge in [0, 0.05) is 0 Å². The molecule has 0 spiro atoms. The Balaban J connectivity index is 2.54. The van der Waals surface area contributed by atoms with Crippen LogP contribution in [0.2, 0.25) is 0 Å². The molecule has 1 N–H and O–H groups in total. The van der Waals surface area contributed by atoms with Crippen molar-refractivity contribution in [3.63, 3.8) is 0 Å². The third-order valence-electron chi connectivity index (χ3n) is 2.16. The minimum Gasteiger partial charge on any atom is -0.478 e. The quantitative estimate of drug-likeness (QED) is 0.850. The first-order chi connectivity index (χ1) is 8.13. The lowest BCUT2D eigenvalue weighted by atomic mass is 10.2. The maximum atomic E-state index is 10.9. The highest BCUT2D eigenvalue weighted by Crippen LogP contribution is 2.17. The van der Waals surface area contributed by atoms with E-state index >= 15 is 0 Å². The summed E-state index contributed by atoms with van der Waals surface area (Å²) in [5.74, 6) is -1.02. The number of aromatic nitrogens is 2. The molecule has 1 heterocycles. The van der Waals surface area contributed by atoms with Crippen molar-refractivity contribution in [3.8, 4) is 11.8 Å². The lowest BCUT2D eigenvalue weighted by Crippen LogP contribution is -2.02. The molecule has 0 fully saturated rings. The van der Waals surface area contributed by atoms with Gasteiger partial charge in [-0.15, -0.1) is 0 Å². The van der Waals surface area contributed by atoms with Crippen LogP contribution in [-0.2, 0) is 0 Å². The molecule has 84 valence electrons. The van der Waals surface area contributed by atoms with Crippen molar-refractivity contribution in [1.29, 1.82) is 5.26 Å². The number of nitriles is 1. The second kappa shape index (κ2) is 4.55. The Morgan fingerprint density at radius 3 is 2.88 bits per heavy atom. The predicted octanol–water partition coefficient (Wildman–Crippen LogP) is 2.05. The van der Waals surface area contributed by atoms with Gasteiger partial charge in [-0.05, 0) is 40.8 Å². The summed E-state index contributed by atoms with van der Waals surface area (Å²) in [4.78, 5) is 10.9. The van der Waals surface area contributed by atoms with Crippen LogP contribution in [0.3, 0.4) is 0 Å². The van der Waals surface area contributed by atoms with E-state index in [1.165, 1.54) is 10.9 Å². The summed E-state index contributed by atoms with van der Waals surface area (Å²) in [7, 11) is 0. The maximum Gasteiger partial charge on any atom is 0.340 e. The Morgan fingerprint density at radius 2 is 2.29 bits per heavy atom. The normalized spacial score (nSPS) is 9.88. The van der Waals surface area contributed by atoms with Gasteiger partial charge in [0.1, 0.15) is 9.26 Å². The Labute approximate surface area is 110 Å². The van der Waals surface area contributed by atoms with E-state index in [0.29, 0.717) is 15.0 Å². The van der Waals surface area contributed by atoms with Crippen molar-refractivity contribution < 1.29 is 9.90 Å². The van der Waals surface area contributed by atoms with Gasteiger partial charge in [-0.2, -0.15) is 10.4 Å². The van der Waals surface area contributed by atoms with Crippen LogP contribution in [0.25, 0.3) is 5.69 Å². The SMILES string of the molecule is N#Cc1cccc(-n2ncc(C(=O)O)c2I)c1. The lowest BCUT2D eigenvalue weighted by Gasteiger charge is -2.03. The fourth-order valence-corrected chi connectivity index (χ4v) is 2.14. The van der Waals surface area contributed by atoms with E-state index in [4.69, 9.17) is 10.4 Å². The second-order valence-corrected chi connectivity index (χ2v) is 4.25. The lowest BCUT2D eigenvalue weighted by molar-refractivity contribution is 0.0695. The molecule has 1 aromatic carbocycles. The van der Waals surface area contributed by atoms with Crippen molar-refractivity contribution in [3.05, 3.63) is 45.3 Å². The van der Waals surface area contributed by atoms with E-state index in [1.54, 1.807) is 24.3 Å². The van der Waals surface area contributed by atoms with Crippen LogP contribution in [0.15, 0.2) is 30.5 Å². The van der Waals surface area contributed by atoms with E-state index < -0.39 is 5.97 Å². The van der Waals surface area contributed by atoms with E-state index in [1.807, 2.05) is 28.7 Å². The molecule has 0 atom stereocenters. The van der Waals surface area contributed by atoms with Crippen molar-refractivity contribution in [2.24, 2.45) is 0 Å². The highest BCUT2D eigenvalue weighted by Gasteiger charge is 2.15. The monoisotopic (exact) mass is 339 g/mol. The number of aromatic carboxylic acids is 1. The molecular formula is C11H6IN3O2. The number of carboxylic acid groups (broad SMARTS) is 1. The third-order valence-corrected chi connectivity index (χ3v) is 3.20. The Morgan fingerprint density at radius 1 is 1.53 bits per heavy atom. The molecule has 0 unspecified atom stereocenters. The van der Waals surface area contributed by atoms with Crippen LogP contribution in [-0.4, -0.2) is 20.9 Å². The van der Waals surface area contributed by atoms with Gasteiger partial charge >= 0.3 is 5.97 Å². The summed E-state index contributed by atoms with van der Waals surface area (Å²) in [5, 5.41) is 21.7. The van der Waals surface area contributed by atoms with E-state index in [2.05, 4.69) is 5.10 Å². The number of halogens is 1.